The number of aliphatic hydroxyl groups is 1. The van der Waals surface area contributed by atoms with E-state index in [-0.39, 0.29) is 5.92 Å². The summed E-state index contributed by atoms with van der Waals surface area (Å²) in [5.74, 6) is -1.81. The van der Waals surface area contributed by atoms with Crippen LogP contribution in [0.2, 0.25) is 0 Å². The Bertz CT molecular complexity index is 385. The first-order valence-electron chi connectivity index (χ1n) is 5.96. The molecule has 0 aliphatic carbocycles. The third kappa shape index (κ3) is 3.55. The van der Waals surface area contributed by atoms with Gasteiger partial charge in [0.15, 0.2) is 0 Å². The van der Waals surface area contributed by atoms with Crippen molar-refractivity contribution in [3.8, 4) is 0 Å². The van der Waals surface area contributed by atoms with Gasteiger partial charge in [-0.15, -0.1) is 0 Å². The first-order chi connectivity index (χ1) is 8.47. The number of aliphatic hydroxyl groups excluding tert-OH is 1. The van der Waals surface area contributed by atoms with Gasteiger partial charge in [0, 0.05) is 7.11 Å². The first kappa shape index (κ1) is 14.7. The Morgan fingerprint density at radius 2 is 1.83 bits per heavy atom. The Morgan fingerprint density at radius 3 is 2.28 bits per heavy atom. The van der Waals surface area contributed by atoms with Crippen molar-refractivity contribution < 1.29 is 19.7 Å². The summed E-state index contributed by atoms with van der Waals surface area (Å²) in [7, 11) is 1.62. The molecule has 2 N–H and O–H groups in total. The van der Waals surface area contributed by atoms with E-state index in [1.54, 1.807) is 21.0 Å². The number of methoxy groups -OCH3 is 1. The van der Waals surface area contributed by atoms with Crippen LogP contribution < -0.4 is 0 Å². The number of carboxylic acids is 1. The summed E-state index contributed by atoms with van der Waals surface area (Å²) < 4.78 is 5.01. The highest BCUT2D eigenvalue weighted by molar-refractivity contribution is 5.69. The quantitative estimate of drug-likeness (QED) is 0.814. The molecule has 0 saturated heterocycles. The monoisotopic (exact) mass is 252 g/mol. The molecular formula is C14H20O4. The molecule has 0 bridgehead atoms. The van der Waals surface area contributed by atoms with E-state index in [2.05, 4.69) is 0 Å². The van der Waals surface area contributed by atoms with Crippen LogP contribution >= 0.6 is 0 Å². The largest absolute Gasteiger partial charge is 0.481 e. The molecule has 1 rings (SSSR count). The third-order valence-corrected chi connectivity index (χ3v) is 3.31. The average Bonchev–Trinajstić information content (AvgIpc) is 2.37. The molecule has 3 atom stereocenters. The van der Waals surface area contributed by atoms with Gasteiger partial charge in [-0.3, -0.25) is 4.79 Å². The van der Waals surface area contributed by atoms with Crippen molar-refractivity contribution in [2.24, 2.45) is 11.8 Å². The summed E-state index contributed by atoms with van der Waals surface area (Å²) in [6, 6.07) is 7.37. The molecule has 0 radical (unpaired) electrons. The smallest absolute Gasteiger partial charge is 0.306 e. The van der Waals surface area contributed by atoms with Gasteiger partial charge in [-0.05, 0) is 17.0 Å². The molecule has 3 unspecified atom stereocenters. The van der Waals surface area contributed by atoms with E-state index >= 15 is 0 Å². The number of carboxylic acid groups (broad SMARTS) is 1. The second kappa shape index (κ2) is 6.52. The van der Waals surface area contributed by atoms with Gasteiger partial charge in [0.25, 0.3) is 0 Å². The predicted molar refractivity (Wildman–Crippen MR) is 68.1 cm³/mol. The van der Waals surface area contributed by atoms with E-state index < -0.39 is 18.0 Å². The maximum absolute atomic E-state index is 10.9. The maximum atomic E-state index is 10.9. The summed E-state index contributed by atoms with van der Waals surface area (Å²) >= 11 is 0. The zero-order valence-corrected chi connectivity index (χ0v) is 11.0. The van der Waals surface area contributed by atoms with Crippen LogP contribution in [0.5, 0.6) is 0 Å². The number of benzene rings is 1. The van der Waals surface area contributed by atoms with Gasteiger partial charge < -0.3 is 14.9 Å². The summed E-state index contributed by atoms with van der Waals surface area (Å²) in [4.78, 5) is 10.9. The molecule has 0 heterocycles. The van der Waals surface area contributed by atoms with Crippen molar-refractivity contribution >= 4 is 5.97 Å². The molecule has 0 aliphatic heterocycles. The molecule has 0 aliphatic rings. The Kier molecular flexibility index (Phi) is 5.31. The number of rotatable bonds is 6. The molecule has 0 spiro atoms. The molecule has 100 valence electrons. The Morgan fingerprint density at radius 1 is 1.28 bits per heavy atom. The minimum absolute atomic E-state index is 0.337. The van der Waals surface area contributed by atoms with E-state index in [0.717, 1.165) is 11.1 Å². The van der Waals surface area contributed by atoms with Crippen molar-refractivity contribution in [3.63, 3.8) is 0 Å². The number of carbonyl (C=O) groups is 1. The number of hydrogen-bond acceptors (Lipinski definition) is 3. The van der Waals surface area contributed by atoms with Crippen LogP contribution in [0.3, 0.4) is 0 Å². The Balaban J connectivity index is 2.77. The molecule has 1 aromatic carbocycles. The van der Waals surface area contributed by atoms with Crippen LogP contribution in [-0.2, 0) is 16.1 Å². The third-order valence-electron chi connectivity index (χ3n) is 3.31. The zero-order valence-electron chi connectivity index (χ0n) is 11.0. The minimum atomic E-state index is -0.891. The van der Waals surface area contributed by atoms with Crippen molar-refractivity contribution in [1.82, 2.24) is 0 Å². The molecule has 0 aromatic heterocycles. The van der Waals surface area contributed by atoms with Gasteiger partial charge in [0.1, 0.15) is 0 Å². The van der Waals surface area contributed by atoms with Crippen LogP contribution in [0.1, 0.15) is 31.1 Å². The molecule has 4 nitrogen and oxygen atoms in total. The second-order valence-corrected chi connectivity index (χ2v) is 4.61. The fraction of sp³-hybridized carbons (Fsp3) is 0.500. The highest BCUT2D eigenvalue weighted by Gasteiger charge is 2.26. The zero-order chi connectivity index (χ0) is 13.7. The van der Waals surface area contributed by atoms with Gasteiger partial charge in [-0.2, -0.15) is 0 Å². The summed E-state index contributed by atoms with van der Waals surface area (Å²) in [6.07, 6.45) is -0.771. The molecular weight excluding hydrogens is 232 g/mol. The molecule has 1 aromatic rings. The highest BCUT2D eigenvalue weighted by atomic mass is 16.5. The van der Waals surface area contributed by atoms with Crippen LogP contribution in [0, 0.1) is 11.8 Å². The van der Waals surface area contributed by atoms with Crippen molar-refractivity contribution in [2.75, 3.05) is 7.11 Å². The summed E-state index contributed by atoms with van der Waals surface area (Å²) in [5.41, 5.74) is 1.75. The summed E-state index contributed by atoms with van der Waals surface area (Å²) in [5, 5.41) is 19.1. The second-order valence-electron chi connectivity index (χ2n) is 4.61. The number of hydrogen-bond donors (Lipinski definition) is 2. The number of ether oxygens (including phenoxy) is 1. The lowest BCUT2D eigenvalue weighted by Crippen LogP contribution is -2.23. The SMILES string of the molecule is COCc1ccc(C(O)C(C)C(C)C(=O)O)cc1. The van der Waals surface area contributed by atoms with Gasteiger partial charge in [0.2, 0.25) is 0 Å². The van der Waals surface area contributed by atoms with Crippen molar-refractivity contribution in [2.45, 2.75) is 26.6 Å². The normalized spacial score (nSPS) is 16.0. The molecule has 4 heteroatoms. The fourth-order valence-electron chi connectivity index (χ4n) is 1.78. The highest BCUT2D eigenvalue weighted by Crippen LogP contribution is 2.28. The average molecular weight is 252 g/mol. The molecule has 0 saturated carbocycles. The first-order valence-corrected chi connectivity index (χ1v) is 5.96. The van der Waals surface area contributed by atoms with Gasteiger partial charge in [0.05, 0.1) is 18.6 Å². The fourth-order valence-corrected chi connectivity index (χ4v) is 1.78. The van der Waals surface area contributed by atoms with E-state index in [0.29, 0.717) is 6.61 Å². The Labute approximate surface area is 107 Å². The van der Waals surface area contributed by atoms with E-state index in [4.69, 9.17) is 9.84 Å². The number of aliphatic carboxylic acids is 1. The van der Waals surface area contributed by atoms with Crippen LogP contribution in [0.15, 0.2) is 24.3 Å². The van der Waals surface area contributed by atoms with E-state index in [9.17, 15) is 9.90 Å². The molecule has 0 amide bonds. The topological polar surface area (TPSA) is 66.8 Å². The molecule has 18 heavy (non-hydrogen) atoms. The van der Waals surface area contributed by atoms with Crippen LogP contribution in [0.4, 0.5) is 0 Å². The minimum Gasteiger partial charge on any atom is -0.481 e. The predicted octanol–water partition coefficient (Wildman–Crippen LogP) is 2.22. The maximum Gasteiger partial charge on any atom is 0.306 e. The lowest BCUT2D eigenvalue weighted by Gasteiger charge is -2.22. The van der Waals surface area contributed by atoms with Crippen molar-refractivity contribution in [3.05, 3.63) is 35.4 Å². The van der Waals surface area contributed by atoms with E-state index in [1.807, 2.05) is 24.3 Å². The Hall–Kier alpha value is -1.39. The summed E-state index contributed by atoms with van der Waals surface area (Å²) in [6.45, 7) is 3.87. The lowest BCUT2D eigenvalue weighted by atomic mass is 9.87. The van der Waals surface area contributed by atoms with Crippen LogP contribution in [0.25, 0.3) is 0 Å². The van der Waals surface area contributed by atoms with Gasteiger partial charge in [-0.25, -0.2) is 0 Å². The lowest BCUT2D eigenvalue weighted by molar-refractivity contribution is -0.144. The van der Waals surface area contributed by atoms with E-state index in [1.165, 1.54) is 0 Å². The standard InChI is InChI=1S/C14H20O4/c1-9(10(2)14(16)17)13(15)12-6-4-11(5-7-12)8-18-3/h4-7,9-10,13,15H,8H2,1-3H3,(H,16,17). The van der Waals surface area contributed by atoms with Crippen molar-refractivity contribution in [1.29, 1.82) is 0 Å². The van der Waals surface area contributed by atoms with Gasteiger partial charge in [-0.1, -0.05) is 38.1 Å². The van der Waals surface area contributed by atoms with Crippen LogP contribution in [-0.4, -0.2) is 23.3 Å². The molecule has 0 fully saturated rings. The van der Waals surface area contributed by atoms with Gasteiger partial charge >= 0.3 is 5.97 Å².